The number of carbonyl (C=O) groups is 1. The molecule has 190 valence electrons. The number of likely N-dealkylation sites (N-methyl/N-ethyl adjacent to an activating group) is 1. The van der Waals surface area contributed by atoms with Crippen LogP contribution in [0.25, 0.3) is 10.6 Å². The Morgan fingerprint density at radius 2 is 1.49 bits per heavy atom. The van der Waals surface area contributed by atoms with E-state index in [0.717, 1.165) is 22.5 Å². The molecule has 5 nitrogen and oxygen atoms in total. The van der Waals surface area contributed by atoms with Crippen molar-refractivity contribution in [1.29, 1.82) is 0 Å². The second-order valence-electron chi connectivity index (χ2n) is 7.61. The van der Waals surface area contributed by atoms with E-state index in [4.69, 9.17) is 5.73 Å². The monoisotopic (exact) mass is 538 g/mol. The molecule has 35 heavy (non-hydrogen) atoms. The minimum atomic E-state index is -4.98. The van der Waals surface area contributed by atoms with E-state index in [1.807, 2.05) is 24.3 Å². The zero-order valence-corrected chi connectivity index (χ0v) is 20.1. The molecule has 3 aromatic rings. The number of alkyl halides is 6. The SMILES string of the molecule is CC(=O)N(C)C(Cc1ccc(CN)cc1)c1nnc(-c2cc(C(F)(F)F)cc(C(F)(F)F)c2)s1.Cl. The van der Waals surface area contributed by atoms with Gasteiger partial charge in [-0.2, -0.15) is 26.3 Å². The number of carbonyl (C=O) groups excluding carboxylic acids is 1. The van der Waals surface area contributed by atoms with Crippen molar-refractivity contribution in [3.63, 3.8) is 0 Å². The standard InChI is InChI=1S/C22H20F6N4OS.ClH/c1-12(33)32(2)18(7-13-3-5-14(11-29)6-4-13)20-31-30-19(34-20)15-8-16(21(23,24)25)10-17(9-15)22(26,27)28;/h3-6,8-10,18H,7,11,29H2,1-2H3;1H. The van der Waals surface area contributed by atoms with E-state index >= 15 is 0 Å². The molecule has 0 spiro atoms. The van der Waals surface area contributed by atoms with E-state index in [1.165, 1.54) is 18.9 Å². The van der Waals surface area contributed by atoms with Crippen LogP contribution < -0.4 is 5.73 Å². The third-order valence-electron chi connectivity index (χ3n) is 5.21. The summed E-state index contributed by atoms with van der Waals surface area (Å²) in [6, 6.07) is 7.95. The highest BCUT2D eigenvalue weighted by atomic mass is 35.5. The first-order chi connectivity index (χ1) is 15.8. The van der Waals surface area contributed by atoms with Gasteiger partial charge in [0, 0.05) is 26.1 Å². The Morgan fingerprint density at radius 1 is 0.971 bits per heavy atom. The number of benzene rings is 2. The minimum absolute atomic E-state index is 0. The van der Waals surface area contributed by atoms with Crippen molar-refractivity contribution >= 4 is 29.7 Å². The summed E-state index contributed by atoms with van der Waals surface area (Å²) in [5, 5.41) is 8.01. The predicted octanol–water partition coefficient (Wildman–Crippen LogP) is 5.89. The lowest BCUT2D eigenvalue weighted by Crippen LogP contribution is -2.30. The third-order valence-corrected chi connectivity index (χ3v) is 6.29. The van der Waals surface area contributed by atoms with Crippen LogP contribution in [-0.2, 0) is 30.1 Å². The Kier molecular flexibility index (Phi) is 8.90. The lowest BCUT2D eigenvalue weighted by atomic mass is 10.0. The number of nitrogens with two attached hydrogens (primary N) is 1. The number of rotatable bonds is 6. The van der Waals surface area contributed by atoms with E-state index in [9.17, 15) is 31.1 Å². The fraction of sp³-hybridized carbons (Fsp3) is 0.318. The van der Waals surface area contributed by atoms with Gasteiger partial charge in [-0.15, -0.1) is 22.6 Å². The summed E-state index contributed by atoms with van der Waals surface area (Å²) in [5.74, 6) is -0.293. The summed E-state index contributed by atoms with van der Waals surface area (Å²) < 4.78 is 79.3. The summed E-state index contributed by atoms with van der Waals surface area (Å²) in [6.07, 6.45) is -9.64. The van der Waals surface area contributed by atoms with Crippen molar-refractivity contribution in [2.75, 3.05) is 7.05 Å². The van der Waals surface area contributed by atoms with Crippen LogP contribution in [0.3, 0.4) is 0 Å². The topological polar surface area (TPSA) is 72.1 Å². The molecular formula is C22H21ClF6N4OS. The maximum Gasteiger partial charge on any atom is 0.416 e. The molecular weight excluding hydrogens is 518 g/mol. The van der Waals surface area contributed by atoms with Crippen LogP contribution in [0.4, 0.5) is 26.3 Å². The number of hydrogen-bond donors (Lipinski definition) is 1. The molecule has 2 aromatic carbocycles. The average Bonchev–Trinajstić information content (AvgIpc) is 3.26. The van der Waals surface area contributed by atoms with Crippen molar-refractivity contribution in [2.45, 2.75) is 38.3 Å². The first-order valence-corrected chi connectivity index (χ1v) is 10.8. The zero-order chi connectivity index (χ0) is 25.3. The van der Waals surface area contributed by atoms with Crippen LogP contribution in [0.1, 0.15) is 40.2 Å². The Labute approximate surface area is 207 Å². The molecule has 0 aliphatic heterocycles. The number of aromatic nitrogens is 2. The highest BCUT2D eigenvalue weighted by Gasteiger charge is 2.37. The summed E-state index contributed by atoms with van der Waals surface area (Å²) in [7, 11) is 1.54. The van der Waals surface area contributed by atoms with E-state index in [2.05, 4.69) is 10.2 Å². The smallest absolute Gasteiger partial charge is 0.336 e. The van der Waals surface area contributed by atoms with Gasteiger partial charge in [-0.25, -0.2) is 0 Å². The van der Waals surface area contributed by atoms with E-state index in [0.29, 0.717) is 25.1 Å². The maximum atomic E-state index is 13.2. The van der Waals surface area contributed by atoms with E-state index in [-0.39, 0.29) is 40.0 Å². The van der Waals surface area contributed by atoms with Crippen LogP contribution in [0.15, 0.2) is 42.5 Å². The molecule has 13 heteroatoms. The first-order valence-electron chi connectivity index (χ1n) is 9.94. The molecule has 3 rings (SSSR count). The highest BCUT2D eigenvalue weighted by molar-refractivity contribution is 7.14. The number of amides is 1. The Hall–Kier alpha value is -2.70. The summed E-state index contributed by atoms with van der Waals surface area (Å²) >= 11 is 0.835. The highest BCUT2D eigenvalue weighted by Crippen LogP contribution is 2.40. The molecule has 0 saturated carbocycles. The molecule has 0 fully saturated rings. The molecule has 1 unspecified atom stereocenters. The van der Waals surface area contributed by atoms with Crippen LogP contribution in [0.2, 0.25) is 0 Å². The third kappa shape index (κ3) is 6.92. The van der Waals surface area contributed by atoms with Crippen LogP contribution in [-0.4, -0.2) is 28.1 Å². The van der Waals surface area contributed by atoms with Gasteiger partial charge in [-0.1, -0.05) is 35.6 Å². The second kappa shape index (κ2) is 10.9. The zero-order valence-electron chi connectivity index (χ0n) is 18.4. The number of hydrogen-bond acceptors (Lipinski definition) is 5. The van der Waals surface area contributed by atoms with Crippen molar-refractivity contribution < 1.29 is 31.1 Å². The average molecular weight is 539 g/mol. The largest absolute Gasteiger partial charge is 0.416 e. The van der Waals surface area contributed by atoms with Crippen molar-refractivity contribution in [3.8, 4) is 10.6 Å². The maximum absolute atomic E-state index is 13.2. The molecule has 0 radical (unpaired) electrons. The van der Waals surface area contributed by atoms with Crippen molar-refractivity contribution in [3.05, 3.63) is 69.7 Å². The molecule has 1 heterocycles. The van der Waals surface area contributed by atoms with Crippen LogP contribution in [0, 0.1) is 0 Å². The van der Waals surface area contributed by atoms with Gasteiger partial charge in [0.05, 0.1) is 17.2 Å². The lowest BCUT2D eigenvalue weighted by Gasteiger charge is -2.25. The van der Waals surface area contributed by atoms with Crippen LogP contribution in [0.5, 0.6) is 0 Å². The van der Waals surface area contributed by atoms with Gasteiger partial charge >= 0.3 is 12.4 Å². The molecule has 0 aliphatic rings. The van der Waals surface area contributed by atoms with Gasteiger partial charge in [0.25, 0.3) is 0 Å². The van der Waals surface area contributed by atoms with Gasteiger partial charge in [0.2, 0.25) is 5.91 Å². The molecule has 1 amide bonds. The summed E-state index contributed by atoms with van der Waals surface area (Å²) in [6.45, 7) is 1.70. The number of halogens is 7. The van der Waals surface area contributed by atoms with Crippen LogP contribution >= 0.6 is 23.7 Å². The lowest BCUT2D eigenvalue weighted by molar-refractivity contribution is -0.143. The Morgan fingerprint density at radius 3 is 1.94 bits per heavy atom. The van der Waals surface area contributed by atoms with Gasteiger partial charge in [0.15, 0.2) is 0 Å². The second-order valence-corrected chi connectivity index (χ2v) is 8.62. The molecule has 1 atom stereocenters. The molecule has 0 saturated heterocycles. The minimum Gasteiger partial charge on any atom is -0.336 e. The predicted molar refractivity (Wildman–Crippen MR) is 122 cm³/mol. The molecule has 0 aliphatic carbocycles. The Bertz CT molecular complexity index is 1130. The van der Waals surface area contributed by atoms with Gasteiger partial charge in [0.1, 0.15) is 10.0 Å². The normalized spacial score (nSPS) is 12.7. The molecule has 2 N–H and O–H groups in total. The van der Waals surface area contributed by atoms with E-state index < -0.39 is 29.5 Å². The van der Waals surface area contributed by atoms with Gasteiger partial charge in [-0.05, 0) is 35.7 Å². The van der Waals surface area contributed by atoms with Gasteiger partial charge in [-0.3, -0.25) is 4.79 Å². The first kappa shape index (κ1) is 28.5. The summed E-state index contributed by atoms with van der Waals surface area (Å²) in [4.78, 5) is 13.4. The Balaban J connectivity index is 0.00000432. The fourth-order valence-corrected chi connectivity index (χ4v) is 4.18. The van der Waals surface area contributed by atoms with Gasteiger partial charge < -0.3 is 10.6 Å². The summed E-state index contributed by atoms with van der Waals surface area (Å²) in [5.41, 5.74) is 4.11. The van der Waals surface area contributed by atoms with Crippen molar-refractivity contribution in [1.82, 2.24) is 15.1 Å². The molecule has 0 bridgehead atoms. The molecule has 1 aromatic heterocycles. The van der Waals surface area contributed by atoms with E-state index in [1.54, 1.807) is 0 Å². The quantitative estimate of drug-likeness (QED) is 0.398. The number of nitrogens with zero attached hydrogens (tertiary/aromatic N) is 3. The fourth-order valence-electron chi connectivity index (χ4n) is 3.21. The van der Waals surface area contributed by atoms with Crippen molar-refractivity contribution in [2.24, 2.45) is 5.73 Å².